The number of carbonyl (C=O) groups excluding carboxylic acids is 4. The van der Waals surface area contributed by atoms with Gasteiger partial charge in [0.2, 0.25) is 0 Å². The lowest BCUT2D eigenvalue weighted by Gasteiger charge is -2.11. The van der Waals surface area contributed by atoms with Crippen molar-refractivity contribution in [2.24, 2.45) is 0 Å². The predicted octanol–water partition coefficient (Wildman–Crippen LogP) is 6.52. The minimum Gasteiger partial charge on any atom is -0.423 e. The number of hydrogen-bond acceptors (Lipinski definition) is 8. The molecule has 0 spiro atoms. The van der Waals surface area contributed by atoms with Crippen LogP contribution in [0.15, 0.2) is 136 Å². The summed E-state index contributed by atoms with van der Waals surface area (Å²) in [6, 6.07) is 23.8. The van der Waals surface area contributed by atoms with Gasteiger partial charge in [-0.1, -0.05) is 74.3 Å². The van der Waals surface area contributed by atoms with Gasteiger partial charge in [0.1, 0.15) is 17.1 Å². The Kier molecular flexibility index (Phi) is 11.4. The van der Waals surface area contributed by atoms with Crippen molar-refractivity contribution < 1.29 is 38.1 Å². The molecular weight excluding hydrogens is 608 g/mol. The molecule has 0 heterocycles. The molecule has 0 aromatic heterocycles. The largest absolute Gasteiger partial charge is 0.423 e. The van der Waals surface area contributed by atoms with Crippen LogP contribution in [0, 0.1) is 23.7 Å². The maximum absolute atomic E-state index is 12.2. The summed E-state index contributed by atoms with van der Waals surface area (Å²) in [7, 11) is 0. The first-order valence-corrected chi connectivity index (χ1v) is 14.1. The van der Waals surface area contributed by atoms with E-state index in [4.69, 9.17) is 18.9 Å². The minimum atomic E-state index is -0.764. The number of benzene rings is 4. The summed E-state index contributed by atoms with van der Waals surface area (Å²) in [6.07, 6.45) is 4.11. The zero-order valence-corrected chi connectivity index (χ0v) is 25.5. The molecule has 4 rings (SSSR count). The lowest BCUT2D eigenvalue weighted by Crippen LogP contribution is -2.09. The van der Waals surface area contributed by atoms with Crippen molar-refractivity contribution in [2.45, 2.75) is 0 Å². The lowest BCUT2D eigenvalue weighted by molar-refractivity contribution is -0.130. The molecule has 0 fully saturated rings. The van der Waals surface area contributed by atoms with Crippen LogP contribution in [0.2, 0.25) is 0 Å². The average Bonchev–Trinajstić information content (AvgIpc) is 3.11. The second-order valence-corrected chi connectivity index (χ2v) is 9.47. The first-order chi connectivity index (χ1) is 23.2. The first-order valence-electron chi connectivity index (χ1n) is 14.1. The summed E-state index contributed by atoms with van der Waals surface area (Å²) in [6.45, 7) is 13.6. The Morgan fingerprint density at radius 1 is 0.438 bits per heavy atom. The quantitative estimate of drug-likeness (QED) is 0.0888. The van der Waals surface area contributed by atoms with Crippen molar-refractivity contribution in [3.63, 3.8) is 0 Å². The smallest absolute Gasteiger partial charge is 0.335 e. The Bertz CT molecular complexity index is 2000. The summed E-state index contributed by atoms with van der Waals surface area (Å²) in [5.41, 5.74) is 3.48. The van der Waals surface area contributed by atoms with Gasteiger partial charge >= 0.3 is 23.9 Å². The highest BCUT2D eigenvalue weighted by atomic mass is 16.6. The Morgan fingerprint density at radius 2 is 0.771 bits per heavy atom. The molecule has 4 aromatic rings. The third-order valence-corrected chi connectivity index (χ3v) is 6.20. The Hall–Kier alpha value is -7.16. The van der Waals surface area contributed by atoms with Crippen molar-refractivity contribution in [1.82, 2.24) is 0 Å². The van der Waals surface area contributed by atoms with E-state index in [2.05, 4.69) is 50.0 Å². The van der Waals surface area contributed by atoms with E-state index >= 15 is 0 Å². The van der Waals surface area contributed by atoms with Gasteiger partial charge in [0.25, 0.3) is 0 Å². The molecule has 48 heavy (non-hydrogen) atoms. The Morgan fingerprint density at radius 3 is 1.21 bits per heavy atom. The summed E-state index contributed by atoms with van der Waals surface area (Å²) >= 11 is 0. The fraction of sp³-hybridized carbons (Fsp3) is 0. The van der Waals surface area contributed by atoms with Crippen LogP contribution in [0.5, 0.6) is 23.0 Å². The Labute approximate surface area is 277 Å². The molecule has 0 aliphatic heterocycles. The molecule has 0 atom stereocenters. The molecule has 0 N–H and O–H groups in total. The number of carbonyl (C=O) groups is 4. The second kappa shape index (κ2) is 16.2. The van der Waals surface area contributed by atoms with Crippen LogP contribution in [0.4, 0.5) is 0 Å². The van der Waals surface area contributed by atoms with Gasteiger partial charge in [-0.3, -0.25) is 0 Å². The Balaban J connectivity index is 1.66. The molecule has 4 aromatic carbocycles. The molecule has 234 valence electrons. The number of esters is 4. The molecule has 0 unspecified atom stereocenters. The highest BCUT2D eigenvalue weighted by Gasteiger charge is 2.16. The zero-order chi connectivity index (χ0) is 34.5. The van der Waals surface area contributed by atoms with Gasteiger partial charge in [0.15, 0.2) is 11.5 Å². The fourth-order valence-electron chi connectivity index (χ4n) is 3.91. The molecule has 0 bridgehead atoms. The van der Waals surface area contributed by atoms with Gasteiger partial charge in [0, 0.05) is 41.0 Å². The summed E-state index contributed by atoms with van der Waals surface area (Å²) in [4.78, 5) is 47.4. The third kappa shape index (κ3) is 9.42. The van der Waals surface area contributed by atoms with Crippen LogP contribution in [-0.4, -0.2) is 23.9 Å². The van der Waals surface area contributed by atoms with Crippen LogP contribution < -0.4 is 18.9 Å². The van der Waals surface area contributed by atoms with Gasteiger partial charge < -0.3 is 18.9 Å². The zero-order valence-electron chi connectivity index (χ0n) is 25.5. The maximum Gasteiger partial charge on any atom is 0.335 e. The standard InChI is InChI=1S/C40H26O8/c1-5-37(41)45-32-20-13-28(14-21-32)15-24-34-35(47-39(43)7-3)25-29(26-36(34)48-40(44)8-4)10-9-27-11-16-30(17-12-27)31-18-22-33(23-19-31)46-38(42)6-2/h5-8,11-14,16-23,25-26H,1-4H2. The van der Waals surface area contributed by atoms with Crippen LogP contribution in [0.1, 0.15) is 22.3 Å². The summed E-state index contributed by atoms with van der Waals surface area (Å²) in [5.74, 6) is 9.87. The molecule has 0 aliphatic rings. The van der Waals surface area contributed by atoms with Crippen molar-refractivity contribution >= 4 is 23.9 Å². The van der Waals surface area contributed by atoms with Crippen LogP contribution in [0.25, 0.3) is 11.1 Å². The topological polar surface area (TPSA) is 105 Å². The van der Waals surface area contributed by atoms with E-state index in [1.807, 2.05) is 36.4 Å². The molecule has 8 nitrogen and oxygen atoms in total. The van der Waals surface area contributed by atoms with Crippen LogP contribution in [-0.2, 0) is 19.2 Å². The second-order valence-electron chi connectivity index (χ2n) is 9.47. The highest BCUT2D eigenvalue weighted by molar-refractivity contribution is 5.86. The molecule has 8 heteroatoms. The van der Waals surface area contributed by atoms with E-state index < -0.39 is 23.9 Å². The van der Waals surface area contributed by atoms with Gasteiger partial charge in [-0.25, -0.2) is 19.2 Å². The molecule has 0 saturated heterocycles. The lowest BCUT2D eigenvalue weighted by atomic mass is 10.0. The van der Waals surface area contributed by atoms with E-state index in [1.165, 1.54) is 12.1 Å². The van der Waals surface area contributed by atoms with Crippen LogP contribution >= 0.6 is 0 Å². The van der Waals surface area contributed by atoms with E-state index in [0.29, 0.717) is 28.2 Å². The minimum absolute atomic E-state index is 0.0137. The van der Waals surface area contributed by atoms with Crippen LogP contribution in [0.3, 0.4) is 0 Å². The average molecular weight is 635 g/mol. The fourth-order valence-corrected chi connectivity index (χ4v) is 3.91. The van der Waals surface area contributed by atoms with Gasteiger partial charge in [-0.2, -0.15) is 0 Å². The SMILES string of the molecule is C=CC(=O)Oc1ccc(C#Cc2c(OC(=O)C=C)cc(C#Cc3ccc(-c4ccc(OC(=O)C=C)cc4)cc3)cc2OC(=O)C=C)cc1. The van der Waals surface area contributed by atoms with Crippen molar-refractivity contribution in [1.29, 1.82) is 0 Å². The molecular formula is C40H26O8. The van der Waals surface area contributed by atoms with E-state index in [-0.39, 0.29) is 17.1 Å². The van der Waals surface area contributed by atoms with Crippen molar-refractivity contribution in [3.05, 3.63) is 158 Å². The van der Waals surface area contributed by atoms with E-state index in [0.717, 1.165) is 35.4 Å². The highest BCUT2D eigenvalue weighted by Crippen LogP contribution is 2.31. The maximum atomic E-state index is 12.2. The van der Waals surface area contributed by atoms with E-state index in [1.54, 1.807) is 36.4 Å². The van der Waals surface area contributed by atoms with Gasteiger partial charge in [-0.15, -0.1) is 0 Å². The molecule has 0 amide bonds. The molecule has 0 aliphatic carbocycles. The molecule has 0 radical (unpaired) electrons. The van der Waals surface area contributed by atoms with Crippen molar-refractivity contribution in [3.8, 4) is 57.8 Å². The van der Waals surface area contributed by atoms with Gasteiger partial charge in [0.05, 0.1) is 0 Å². The summed E-state index contributed by atoms with van der Waals surface area (Å²) < 4.78 is 21.1. The third-order valence-electron chi connectivity index (χ3n) is 6.20. The summed E-state index contributed by atoms with van der Waals surface area (Å²) in [5, 5.41) is 0. The van der Waals surface area contributed by atoms with E-state index in [9.17, 15) is 19.2 Å². The molecule has 0 saturated carbocycles. The number of ether oxygens (including phenoxy) is 4. The first kappa shape index (κ1) is 33.7. The number of rotatable bonds is 9. The van der Waals surface area contributed by atoms with Crippen molar-refractivity contribution in [2.75, 3.05) is 0 Å². The predicted molar refractivity (Wildman–Crippen MR) is 180 cm³/mol. The van der Waals surface area contributed by atoms with Gasteiger partial charge in [-0.05, 0) is 71.8 Å². The number of hydrogen-bond donors (Lipinski definition) is 0. The normalized spacial score (nSPS) is 9.58. The monoisotopic (exact) mass is 634 g/mol.